The van der Waals surface area contributed by atoms with Gasteiger partial charge in [-0.05, 0) is 31.0 Å². The molecule has 0 amide bonds. The first-order valence-corrected chi connectivity index (χ1v) is 6.97. The molecule has 1 unspecified atom stereocenters. The van der Waals surface area contributed by atoms with Gasteiger partial charge in [-0.1, -0.05) is 48.0 Å². The van der Waals surface area contributed by atoms with Crippen LogP contribution < -0.4 is 0 Å². The number of thioether (sulfide) groups is 1. The molecule has 0 saturated heterocycles. The summed E-state index contributed by atoms with van der Waals surface area (Å²) < 4.78 is 0. The smallest absolute Gasteiger partial charge is 0.321 e. The number of aryl methyl sites for hydroxylation is 2. The lowest BCUT2D eigenvalue weighted by molar-refractivity contribution is -0.136. The van der Waals surface area contributed by atoms with Crippen LogP contribution in [0.3, 0.4) is 0 Å². The van der Waals surface area contributed by atoms with Crippen LogP contribution in [0.15, 0.2) is 53.4 Å². The van der Waals surface area contributed by atoms with Crippen molar-refractivity contribution < 1.29 is 9.90 Å². The summed E-state index contributed by atoms with van der Waals surface area (Å²) >= 11 is 1.39. The molecule has 0 heterocycles. The van der Waals surface area contributed by atoms with Gasteiger partial charge in [0.1, 0.15) is 5.25 Å². The Morgan fingerprint density at radius 2 is 1.79 bits per heavy atom. The van der Waals surface area contributed by atoms with Gasteiger partial charge in [0.25, 0.3) is 0 Å². The van der Waals surface area contributed by atoms with Crippen molar-refractivity contribution in [3.63, 3.8) is 0 Å². The molecule has 0 bridgehead atoms. The summed E-state index contributed by atoms with van der Waals surface area (Å²) in [5, 5.41) is 8.86. The molecule has 2 nitrogen and oxygen atoms in total. The highest BCUT2D eigenvalue weighted by molar-refractivity contribution is 8.00. The molecule has 19 heavy (non-hydrogen) atoms. The van der Waals surface area contributed by atoms with Crippen molar-refractivity contribution in [2.75, 3.05) is 0 Å². The second-order valence-electron chi connectivity index (χ2n) is 4.52. The van der Waals surface area contributed by atoms with Crippen molar-refractivity contribution in [3.05, 3.63) is 65.2 Å². The highest BCUT2D eigenvalue weighted by atomic mass is 32.2. The average Bonchev–Trinajstić information content (AvgIpc) is 2.40. The predicted molar refractivity (Wildman–Crippen MR) is 78.6 cm³/mol. The van der Waals surface area contributed by atoms with Gasteiger partial charge in [0.2, 0.25) is 0 Å². The Morgan fingerprint density at radius 1 is 1.11 bits per heavy atom. The highest BCUT2D eigenvalue weighted by Crippen LogP contribution is 2.37. The average molecular weight is 272 g/mol. The maximum absolute atomic E-state index is 11.5. The fourth-order valence-corrected chi connectivity index (χ4v) is 3.01. The Kier molecular flexibility index (Phi) is 4.27. The van der Waals surface area contributed by atoms with Crippen LogP contribution in [-0.2, 0) is 4.79 Å². The second kappa shape index (κ2) is 5.93. The van der Waals surface area contributed by atoms with Crippen molar-refractivity contribution in [2.24, 2.45) is 0 Å². The van der Waals surface area contributed by atoms with Gasteiger partial charge >= 0.3 is 5.97 Å². The lowest BCUT2D eigenvalue weighted by Crippen LogP contribution is -2.08. The number of benzene rings is 2. The zero-order valence-electron chi connectivity index (χ0n) is 11.0. The first-order valence-electron chi connectivity index (χ1n) is 6.09. The molecule has 2 aromatic rings. The summed E-state index contributed by atoms with van der Waals surface area (Å²) in [6.07, 6.45) is 0. The van der Waals surface area contributed by atoms with Crippen molar-refractivity contribution in [2.45, 2.75) is 24.0 Å². The molecule has 0 saturated carbocycles. The minimum atomic E-state index is -0.808. The molecule has 2 rings (SSSR count). The number of hydrogen-bond donors (Lipinski definition) is 1. The van der Waals surface area contributed by atoms with Crippen LogP contribution in [0.1, 0.15) is 21.9 Å². The van der Waals surface area contributed by atoms with Gasteiger partial charge in [-0.25, -0.2) is 0 Å². The molecule has 0 aliphatic carbocycles. The standard InChI is InChI=1S/C16H16O2S/c1-11-8-9-12(2)14(10-11)19-15(16(17)18)13-6-4-3-5-7-13/h3-10,15H,1-2H3,(H,17,18). The Balaban J connectivity index is 2.32. The lowest BCUT2D eigenvalue weighted by Gasteiger charge is -2.14. The number of carbonyl (C=O) groups is 1. The molecular weight excluding hydrogens is 256 g/mol. The third-order valence-electron chi connectivity index (χ3n) is 2.92. The summed E-state index contributed by atoms with van der Waals surface area (Å²) in [6.45, 7) is 4.02. The van der Waals surface area contributed by atoms with Crippen LogP contribution in [0.4, 0.5) is 0 Å². The fourth-order valence-electron chi connectivity index (χ4n) is 1.85. The molecule has 0 fully saturated rings. The third kappa shape index (κ3) is 3.38. The Morgan fingerprint density at radius 3 is 2.42 bits per heavy atom. The predicted octanol–water partition coefficient (Wildman–Crippen LogP) is 4.22. The maximum atomic E-state index is 11.5. The molecule has 1 N–H and O–H groups in total. The lowest BCUT2D eigenvalue weighted by atomic mass is 10.1. The van der Waals surface area contributed by atoms with Gasteiger partial charge in [0, 0.05) is 4.90 Å². The van der Waals surface area contributed by atoms with Crippen LogP contribution >= 0.6 is 11.8 Å². The van der Waals surface area contributed by atoms with Gasteiger partial charge in [-0.3, -0.25) is 4.79 Å². The van der Waals surface area contributed by atoms with E-state index in [1.54, 1.807) is 0 Å². The van der Waals surface area contributed by atoms with Gasteiger partial charge in [0.15, 0.2) is 0 Å². The summed E-state index contributed by atoms with van der Waals surface area (Å²) in [5.41, 5.74) is 3.07. The Labute approximate surface area is 117 Å². The van der Waals surface area contributed by atoms with E-state index in [4.69, 9.17) is 0 Å². The van der Waals surface area contributed by atoms with E-state index in [0.29, 0.717) is 0 Å². The molecule has 98 valence electrons. The van der Waals surface area contributed by atoms with Gasteiger partial charge in [-0.2, -0.15) is 0 Å². The Hall–Kier alpha value is -1.74. The monoisotopic (exact) mass is 272 g/mol. The van der Waals surface area contributed by atoms with Crippen LogP contribution in [0, 0.1) is 13.8 Å². The first-order chi connectivity index (χ1) is 9.08. The Bertz CT molecular complexity index is 579. The van der Waals surface area contributed by atoms with E-state index in [9.17, 15) is 9.90 Å². The van der Waals surface area contributed by atoms with E-state index in [2.05, 4.69) is 0 Å². The SMILES string of the molecule is Cc1ccc(C)c(SC(C(=O)O)c2ccccc2)c1. The van der Waals surface area contributed by atoms with Crippen molar-refractivity contribution in [1.82, 2.24) is 0 Å². The van der Waals surface area contributed by atoms with E-state index >= 15 is 0 Å². The summed E-state index contributed by atoms with van der Waals surface area (Å²) in [6, 6.07) is 15.5. The summed E-state index contributed by atoms with van der Waals surface area (Å²) in [7, 11) is 0. The molecule has 3 heteroatoms. The van der Waals surface area contributed by atoms with Crippen LogP contribution in [-0.4, -0.2) is 11.1 Å². The van der Waals surface area contributed by atoms with E-state index in [1.807, 2.05) is 62.4 Å². The van der Waals surface area contributed by atoms with Crippen molar-refractivity contribution in [3.8, 4) is 0 Å². The molecular formula is C16H16O2S. The number of aliphatic carboxylic acids is 1. The molecule has 0 radical (unpaired) electrons. The number of carboxylic acids is 1. The minimum absolute atomic E-state index is 0.568. The molecule has 0 aromatic heterocycles. The second-order valence-corrected chi connectivity index (χ2v) is 5.66. The van der Waals surface area contributed by atoms with Gasteiger partial charge < -0.3 is 5.11 Å². The number of hydrogen-bond acceptors (Lipinski definition) is 2. The van der Waals surface area contributed by atoms with E-state index in [0.717, 1.165) is 21.6 Å². The molecule has 0 aliphatic rings. The topological polar surface area (TPSA) is 37.3 Å². The van der Waals surface area contributed by atoms with E-state index < -0.39 is 11.2 Å². The maximum Gasteiger partial charge on any atom is 0.321 e. The van der Waals surface area contributed by atoms with Crippen LogP contribution in [0.2, 0.25) is 0 Å². The normalized spacial score (nSPS) is 12.1. The van der Waals surface area contributed by atoms with Crippen LogP contribution in [0.5, 0.6) is 0 Å². The fraction of sp³-hybridized carbons (Fsp3) is 0.188. The minimum Gasteiger partial charge on any atom is -0.480 e. The number of rotatable bonds is 4. The largest absolute Gasteiger partial charge is 0.480 e. The van der Waals surface area contributed by atoms with Crippen LogP contribution in [0.25, 0.3) is 0 Å². The zero-order chi connectivity index (χ0) is 13.8. The third-order valence-corrected chi connectivity index (χ3v) is 4.32. The van der Waals surface area contributed by atoms with E-state index in [-0.39, 0.29) is 0 Å². The van der Waals surface area contributed by atoms with Gasteiger partial charge in [-0.15, -0.1) is 11.8 Å². The molecule has 0 aliphatic heterocycles. The number of carboxylic acid groups (broad SMARTS) is 1. The first kappa shape index (κ1) is 13.7. The van der Waals surface area contributed by atoms with Crippen molar-refractivity contribution in [1.29, 1.82) is 0 Å². The summed E-state index contributed by atoms with van der Waals surface area (Å²) in [4.78, 5) is 12.5. The molecule has 2 aromatic carbocycles. The van der Waals surface area contributed by atoms with E-state index in [1.165, 1.54) is 11.8 Å². The molecule has 1 atom stereocenters. The quantitative estimate of drug-likeness (QED) is 0.847. The summed E-state index contributed by atoms with van der Waals surface area (Å²) in [5.74, 6) is -0.808. The van der Waals surface area contributed by atoms with Crippen molar-refractivity contribution >= 4 is 17.7 Å². The zero-order valence-corrected chi connectivity index (χ0v) is 11.8. The van der Waals surface area contributed by atoms with Gasteiger partial charge in [0.05, 0.1) is 0 Å². The molecule has 0 spiro atoms. The highest BCUT2D eigenvalue weighted by Gasteiger charge is 2.21.